The Bertz CT molecular complexity index is 1160. The maximum absolute atomic E-state index is 13.5. The van der Waals surface area contributed by atoms with E-state index in [4.69, 9.17) is 9.47 Å². The van der Waals surface area contributed by atoms with Crippen LogP contribution in [0.4, 0.5) is 0 Å². The minimum atomic E-state index is -1.51. The molecular weight excluding hydrogens is 402 g/mol. The molecule has 0 saturated heterocycles. The molecule has 0 heterocycles. The highest BCUT2D eigenvalue weighted by Crippen LogP contribution is 2.77. The van der Waals surface area contributed by atoms with Gasteiger partial charge in [-0.1, -0.05) is 67.2 Å². The highest BCUT2D eigenvalue weighted by Gasteiger charge is 2.85. The van der Waals surface area contributed by atoms with Crippen LogP contribution in [0.25, 0.3) is 4.85 Å². The Morgan fingerprint density at radius 3 is 1.78 bits per heavy atom. The van der Waals surface area contributed by atoms with Gasteiger partial charge in [-0.25, -0.2) is 4.79 Å². The molecule has 0 bridgehead atoms. The number of carbonyl (C=O) groups is 1. The monoisotopic (exact) mass is 431 g/mol. The van der Waals surface area contributed by atoms with Gasteiger partial charge in [-0.2, -0.15) is 0 Å². The molecule has 2 aromatic rings. The third-order valence-electron chi connectivity index (χ3n) is 6.70. The number of fused-ring (bicyclic) bond motifs is 4. The van der Waals surface area contributed by atoms with Crippen molar-refractivity contribution in [3.05, 3.63) is 87.1 Å². The van der Waals surface area contributed by atoms with Gasteiger partial charge in [0.05, 0.1) is 18.5 Å². The molecule has 1 spiro atoms. The smallest absolute Gasteiger partial charge is 0.336 e. The summed E-state index contributed by atoms with van der Waals surface area (Å²) in [6.07, 6.45) is 0. The van der Waals surface area contributed by atoms with Crippen molar-refractivity contribution >= 4 is 5.97 Å². The second-order valence-corrected chi connectivity index (χ2v) is 9.97. The summed E-state index contributed by atoms with van der Waals surface area (Å²) in [6.45, 7) is 10.1. The Balaban J connectivity index is 2.23. The number of hydrogen-bond acceptors (Lipinski definition) is 4. The van der Waals surface area contributed by atoms with E-state index in [1.165, 1.54) is 14.2 Å². The summed E-state index contributed by atoms with van der Waals surface area (Å²) in [5.41, 5.74) is 0.714. The number of ether oxygens (including phenoxy) is 2. The first kappa shape index (κ1) is 22.0. The van der Waals surface area contributed by atoms with Crippen LogP contribution >= 0.6 is 0 Å². The number of benzene rings is 2. The number of hydrogen-bond donors (Lipinski definition) is 0. The van der Waals surface area contributed by atoms with Gasteiger partial charge >= 0.3 is 5.97 Å². The molecule has 5 heteroatoms. The van der Waals surface area contributed by atoms with Crippen molar-refractivity contribution < 1.29 is 19.4 Å². The molecule has 0 radical (unpaired) electrons. The lowest BCUT2D eigenvalue weighted by molar-refractivity contribution is -0.354. The van der Waals surface area contributed by atoms with Crippen molar-refractivity contribution in [2.75, 3.05) is 14.2 Å². The Morgan fingerprint density at radius 1 is 0.906 bits per heavy atom. The molecule has 166 valence electrons. The molecule has 0 N–H and O–H groups in total. The van der Waals surface area contributed by atoms with Crippen LogP contribution in [0.5, 0.6) is 0 Å². The number of rotatable bonds is 2. The fourth-order valence-electron chi connectivity index (χ4n) is 5.33. The van der Waals surface area contributed by atoms with Crippen molar-refractivity contribution in [2.24, 2.45) is 5.41 Å². The van der Waals surface area contributed by atoms with E-state index in [0.717, 1.165) is 22.3 Å². The molecular formula is C27H29NO4. The molecule has 1 atom stereocenters. The predicted octanol–water partition coefficient (Wildman–Crippen LogP) is 4.13. The molecule has 2 aliphatic rings. The standard InChI is InChI=1S/C27H29NO4/c1-24(2,3)28-16-26(23(30)32-7)21(22(29)31-6)27(26)19-14-10-8-12-17(19)25(4,5)18-13-9-11-15-20(18)27/h8-15H,1-7H3/b22-21+. The zero-order valence-electron chi connectivity index (χ0n) is 19.7. The van der Waals surface area contributed by atoms with E-state index in [2.05, 4.69) is 36.9 Å². The first-order valence-electron chi connectivity index (χ1n) is 10.7. The summed E-state index contributed by atoms with van der Waals surface area (Å²) in [7, 11) is 2.66. The lowest BCUT2D eigenvalue weighted by Crippen LogP contribution is -2.37. The van der Waals surface area contributed by atoms with E-state index in [1.54, 1.807) is 0 Å². The average molecular weight is 432 g/mol. The third-order valence-corrected chi connectivity index (χ3v) is 6.70. The van der Waals surface area contributed by atoms with Gasteiger partial charge in [-0.15, -0.1) is 0 Å². The van der Waals surface area contributed by atoms with Crippen LogP contribution < -0.4 is 5.11 Å². The Kier molecular flexibility index (Phi) is 4.71. The minimum absolute atomic E-state index is 0.294. The fourth-order valence-corrected chi connectivity index (χ4v) is 5.33. The largest absolute Gasteiger partial charge is 0.616 e. The molecule has 1 saturated carbocycles. The normalized spacial score (nSPS) is 23.2. The maximum Gasteiger partial charge on any atom is 0.336 e. The zero-order valence-corrected chi connectivity index (χ0v) is 19.7. The molecule has 1 unspecified atom stereocenters. The highest BCUT2D eigenvalue weighted by atomic mass is 16.6. The van der Waals surface area contributed by atoms with Crippen molar-refractivity contribution in [1.29, 1.82) is 0 Å². The first-order valence-corrected chi connectivity index (χ1v) is 10.7. The van der Waals surface area contributed by atoms with Gasteiger partial charge in [0.1, 0.15) is 0 Å². The van der Waals surface area contributed by atoms with Crippen LogP contribution in [-0.4, -0.2) is 25.7 Å². The summed E-state index contributed by atoms with van der Waals surface area (Å²) in [6, 6.07) is 19.0. The summed E-state index contributed by atoms with van der Waals surface area (Å²) < 4.78 is 10.5. The van der Waals surface area contributed by atoms with Crippen molar-refractivity contribution in [3.63, 3.8) is 0 Å². The number of nitrogens with zero attached hydrogens (tertiary/aromatic N) is 1. The van der Waals surface area contributed by atoms with Crippen molar-refractivity contribution in [1.82, 2.24) is 0 Å². The van der Waals surface area contributed by atoms with Crippen LogP contribution in [0.15, 0.2) is 60.0 Å². The molecule has 0 amide bonds. The second-order valence-electron chi connectivity index (χ2n) is 9.97. The Hall–Kier alpha value is -3.26. The van der Waals surface area contributed by atoms with E-state index in [1.807, 2.05) is 57.2 Å². The van der Waals surface area contributed by atoms with E-state index in [-0.39, 0.29) is 5.41 Å². The Morgan fingerprint density at radius 2 is 1.38 bits per heavy atom. The van der Waals surface area contributed by atoms with Gasteiger partial charge in [-0.05, 0) is 29.4 Å². The van der Waals surface area contributed by atoms with Crippen LogP contribution in [0.3, 0.4) is 0 Å². The van der Waals surface area contributed by atoms with Gasteiger partial charge in [0.15, 0.2) is 0 Å². The summed E-state index contributed by atoms with van der Waals surface area (Å²) in [5.74, 6) is -1.13. The number of carbonyl (C=O) groups excluding carboxylic acids is 1. The molecule has 0 aliphatic heterocycles. The quantitative estimate of drug-likeness (QED) is 0.530. The van der Waals surface area contributed by atoms with Crippen LogP contribution in [0, 0.1) is 11.5 Å². The van der Waals surface area contributed by atoms with E-state index in [0.29, 0.717) is 5.57 Å². The van der Waals surface area contributed by atoms with Crippen molar-refractivity contribution in [2.45, 2.75) is 51.0 Å². The number of methoxy groups -OCH3 is 2. The molecule has 2 aliphatic carbocycles. The molecule has 2 aromatic carbocycles. The molecule has 1 fully saturated rings. The molecule has 32 heavy (non-hydrogen) atoms. The fraction of sp³-hybridized carbons (Fsp3) is 0.407. The molecule has 4 rings (SSSR count). The lowest BCUT2D eigenvalue weighted by atomic mass is 9.61. The van der Waals surface area contributed by atoms with Gasteiger partial charge in [0.2, 0.25) is 5.41 Å². The highest BCUT2D eigenvalue weighted by molar-refractivity contribution is 6.00. The molecule has 5 nitrogen and oxygen atoms in total. The summed E-state index contributed by atoms with van der Waals surface area (Å²) in [4.78, 5) is 18.1. The van der Waals surface area contributed by atoms with Gasteiger partial charge in [0.25, 0.3) is 11.6 Å². The predicted molar refractivity (Wildman–Crippen MR) is 121 cm³/mol. The minimum Gasteiger partial charge on any atom is -0.616 e. The Labute approximate surface area is 189 Å². The van der Waals surface area contributed by atoms with E-state index in [9.17, 15) is 9.90 Å². The van der Waals surface area contributed by atoms with Gasteiger partial charge in [-0.3, -0.25) is 0 Å². The first-order chi connectivity index (χ1) is 15.0. The second kappa shape index (κ2) is 6.87. The van der Waals surface area contributed by atoms with Crippen LogP contribution in [0.2, 0.25) is 0 Å². The molecule has 0 aromatic heterocycles. The lowest BCUT2D eigenvalue weighted by Gasteiger charge is -2.40. The average Bonchev–Trinajstić information content (AvgIpc) is 3.40. The maximum atomic E-state index is 13.5. The zero-order chi connectivity index (χ0) is 23.5. The summed E-state index contributed by atoms with van der Waals surface area (Å²) in [5, 5.41) is 13.2. The van der Waals surface area contributed by atoms with Gasteiger partial charge < -0.3 is 14.6 Å². The van der Waals surface area contributed by atoms with Gasteiger partial charge in [0, 0.05) is 31.8 Å². The third kappa shape index (κ3) is 2.59. The summed E-state index contributed by atoms with van der Waals surface area (Å²) >= 11 is 0. The van der Waals surface area contributed by atoms with Crippen molar-refractivity contribution in [3.8, 4) is 6.07 Å². The van der Waals surface area contributed by atoms with E-state index >= 15 is 0 Å². The topological polar surface area (TPSA) is 63.0 Å². The number of esters is 1. The SMILES string of the molecule is COC(=O)C1(C#[N+]C(C)(C)C)/C(=C(/[O-])OC)C12c1ccccc1C(C)(C)c1ccccc12. The van der Waals surface area contributed by atoms with E-state index < -0.39 is 28.3 Å². The van der Waals surface area contributed by atoms with Crippen LogP contribution in [0.1, 0.15) is 56.9 Å². The van der Waals surface area contributed by atoms with Crippen LogP contribution in [-0.2, 0) is 25.1 Å².